The molecule has 0 fully saturated rings. The number of benzene rings is 2. The summed E-state index contributed by atoms with van der Waals surface area (Å²) in [6, 6.07) is 13.6. The van der Waals surface area contributed by atoms with E-state index < -0.39 is 0 Å². The second-order valence-corrected chi connectivity index (χ2v) is 6.12. The van der Waals surface area contributed by atoms with Crippen molar-refractivity contribution in [1.82, 2.24) is 0 Å². The highest BCUT2D eigenvalue weighted by atomic mass is 79.9. The fraction of sp³-hybridized carbons (Fsp3) is 0.222. The molecule has 0 aliphatic heterocycles. The zero-order valence-electron chi connectivity index (χ0n) is 11.6. The number of hydrogen-bond acceptors (Lipinski definition) is 2. The van der Waals surface area contributed by atoms with E-state index in [1.54, 1.807) is 0 Å². The molecular formula is C18H15BrO2. The van der Waals surface area contributed by atoms with Crippen molar-refractivity contribution in [2.45, 2.75) is 25.7 Å². The highest BCUT2D eigenvalue weighted by molar-refractivity contribution is 9.10. The Kier molecular flexibility index (Phi) is 4.02. The van der Waals surface area contributed by atoms with Crippen molar-refractivity contribution in [3.63, 3.8) is 0 Å². The predicted octanol–water partition coefficient (Wildman–Crippen LogP) is 4.39. The van der Waals surface area contributed by atoms with Crippen LogP contribution >= 0.6 is 15.9 Å². The second-order valence-electron chi connectivity index (χ2n) is 5.27. The Morgan fingerprint density at radius 1 is 0.714 bits per heavy atom. The fourth-order valence-electron chi connectivity index (χ4n) is 2.84. The highest BCUT2D eigenvalue weighted by Crippen LogP contribution is 2.28. The minimum Gasteiger partial charge on any atom is -0.294 e. The maximum atomic E-state index is 11.2. The largest absolute Gasteiger partial charge is 0.294 e. The minimum absolute atomic E-state index is 0.279. The van der Waals surface area contributed by atoms with Crippen molar-refractivity contribution >= 4 is 27.5 Å². The average molecular weight is 343 g/mol. The third kappa shape index (κ3) is 2.84. The maximum absolute atomic E-state index is 11.2. The molecule has 2 aromatic rings. The second kappa shape index (κ2) is 5.94. The summed E-state index contributed by atoms with van der Waals surface area (Å²) in [6.07, 6.45) is 3.22. The molecule has 0 N–H and O–H groups in total. The molecule has 0 heterocycles. The number of carbonyl (C=O) groups is 2. The van der Waals surface area contributed by atoms with E-state index in [0.717, 1.165) is 28.4 Å². The van der Waals surface area contributed by atoms with Crippen LogP contribution in [0.15, 0.2) is 46.9 Å². The molecule has 2 aliphatic rings. The summed E-state index contributed by atoms with van der Waals surface area (Å²) in [4.78, 5) is 22.3. The molecule has 0 bridgehead atoms. The lowest BCUT2D eigenvalue weighted by atomic mass is 10.1. The molecule has 2 nitrogen and oxygen atoms in total. The van der Waals surface area contributed by atoms with E-state index in [1.807, 2.05) is 42.5 Å². The first kappa shape index (κ1) is 14.2. The standard InChI is InChI=1S/C9H7BrO.C9H8O/c10-8-3-1-2-7-6(8)4-5-9(7)11;10-9-6-5-7-3-1-2-4-8(7)9/h1-3H,4-5H2;1-4H,5-6H2. The van der Waals surface area contributed by atoms with E-state index in [1.165, 1.54) is 11.1 Å². The van der Waals surface area contributed by atoms with Gasteiger partial charge in [0.1, 0.15) is 0 Å². The average Bonchev–Trinajstić information content (AvgIpc) is 3.06. The predicted molar refractivity (Wildman–Crippen MR) is 85.9 cm³/mol. The quantitative estimate of drug-likeness (QED) is 0.711. The topological polar surface area (TPSA) is 34.1 Å². The van der Waals surface area contributed by atoms with Crippen LogP contribution in [0.5, 0.6) is 0 Å². The first-order chi connectivity index (χ1) is 10.2. The van der Waals surface area contributed by atoms with Gasteiger partial charge in [-0.2, -0.15) is 0 Å². The van der Waals surface area contributed by atoms with Gasteiger partial charge in [0.05, 0.1) is 0 Å². The van der Waals surface area contributed by atoms with Gasteiger partial charge in [-0.15, -0.1) is 0 Å². The van der Waals surface area contributed by atoms with Crippen LogP contribution in [0.4, 0.5) is 0 Å². The van der Waals surface area contributed by atoms with Gasteiger partial charge < -0.3 is 0 Å². The molecule has 4 rings (SSSR count). The fourth-order valence-corrected chi connectivity index (χ4v) is 3.40. The number of halogens is 1. The molecule has 2 aromatic carbocycles. The van der Waals surface area contributed by atoms with Gasteiger partial charge in [-0.3, -0.25) is 9.59 Å². The molecule has 0 radical (unpaired) electrons. The molecule has 0 atom stereocenters. The molecule has 106 valence electrons. The number of rotatable bonds is 0. The first-order valence-corrected chi connectivity index (χ1v) is 7.88. The van der Waals surface area contributed by atoms with Gasteiger partial charge in [-0.1, -0.05) is 52.3 Å². The summed E-state index contributed by atoms with van der Waals surface area (Å²) in [6.45, 7) is 0. The smallest absolute Gasteiger partial charge is 0.163 e. The lowest BCUT2D eigenvalue weighted by Gasteiger charge is -1.97. The van der Waals surface area contributed by atoms with Crippen molar-refractivity contribution in [3.8, 4) is 0 Å². The van der Waals surface area contributed by atoms with E-state index in [-0.39, 0.29) is 5.78 Å². The number of fused-ring (bicyclic) bond motifs is 2. The third-order valence-corrected chi connectivity index (χ3v) is 4.70. The first-order valence-electron chi connectivity index (χ1n) is 7.08. The maximum Gasteiger partial charge on any atom is 0.163 e. The van der Waals surface area contributed by atoms with E-state index in [2.05, 4.69) is 15.9 Å². The summed E-state index contributed by atoms with van der Waals surface area (Å²) in [5, 5.41) is 0. The van der Waals surface area contributed by atoms with Crippen molar-refractivity contribution < 1.29 is 9.59 Å². The van der Waals surface area contributed by atoms with Gasteiger partial charge in [0, 0.05) is 28.4 Å². The van der Waals surface area contributed by atoms with Gasteiger partial charge in [0.15, 0.2) is 11.6 Å². The molecule has 21 heavy (non-hydrogen) atoms. The van der Waals surface area contributed by atoms with Crippen LogP contribution in [0.25, 0.3) is 0 Å². The van der Waals surface area contributed by atoms with E-state index >= 15 is 0 Å². The normalized spacial score (nSPS) is 15.3. The molecule has 0 saturated heterocycles. The Bertz CT molecular complexity index is 719. The van der Waals surface area contributed by atoms with Crippen LogP contribution in [0.1, 0.15) is 44.7 Å². The number of Topliss-reactive ketones (excluding diaryl/α,β-unsaturated/α-hetero) is 2. The molecule has 3 heteroatoms. The Morgan fingerprint density at radius 3 is 2.14 bits per heavy atom. The molecule has 2 aliphatic carbocycles. The summed E-state index contributed by atoms with van der Waals surface area (Å²) >= 11 is 3.42. The number of ketones is 2. The van der Waals surface area contributed by atoms with E-state index in [0.29, 0.717) is 18.6 Å². The zero-order chi connectivity index (χ0) is 14.8. The Morgan fingerprint density at radius 2 is 1.38 bits per heavy atom. The monoisotopic (exact) mass is 342 g/mol. The van der Waals surface area contributed by atoms with Gasteiger partial charge in [-0.05, 0) is 30.0 Å². The summed E-state index contributed by atoms with van der Waals surface area (Å²) in [5.41, 5.74) is 4.23. The lowest BCUT2D eigenvalue weighted by Crippen LogP contribution is -1.89. The SMILES string of the molecule is O=C1CCc2c(Br)cccc21.O=C1CCc2ccccc21. The minimum atomic E-state index is 0.279. The Labute approximate surface area is 132 Å². The van der Waals surface area contributed by atoms with Crippen molar-refractivity contribution in [2.24, 2.45) is 0 Å². The van der Waals surface area contributed by atoms with Crippen LogP contribution in [-0.2, 0) is 12.8 Å². The Balaban J connectivity index is 0.000000126. The summed E-state index contributed by atoms with van der Waals surface area (Å²) in [5.74, 6) is 0.580. The molecule has 0 saturated carbocycles. The molecule has 0 spiro atoms. The van der Waals surface area contributed by atoms with Crippen LogP contribution in [0.2, 0.25) is 0 Å². The molecule has 0 unspecified atom stereocenters. The van der Waals surface area contributed by atoms with E-state index in [4.69, 9.17) is 0 Å². The van der Waals surface area contributed by atoms with Crippen LogP contribution in [0.3, 0.4) is 0 Å². The van der Waals surface area contributed by atoms with Gasteiger partial charge in [0.25, 0.3) is 0 Å². The highest BCUT2D eigenvalue weighted by Gasteiger charge is 2.20. The van der Waals surface area contributed by atoms with Crippen LogP contribution in [0, 0.1) is 0 Å². The zero-order valence-corrected chi connectivity index (χ0v) is 13.2. The van der Waals surface area contributed by atoms with Crippen LogP contribution < -0.4 is 0 Å². The van der Waals surface area contributed by atoms with Crippen molar-refractivity contribution in [2.75, 3.05) is 0 Å². The summed E-state index contributed by atoms with van der Waals surface area (Å²) < 4.78 is 1.07. The van der Waals surface area contributed by atoms with Crippen molar-refractivity contribution in [3.05, 3.63) is 69.2 Å². The number of hydrogen-bond donors (Lipinski definition) is 0. The number of aryl methyl sites for hydroxylation is 1. The van der Waals surface area contributed by atoms with E-state index in [9.17, 15) is 9.59 Å². The number of carbonyl (C=O) groups excluding carboxylic acids is 2. The third-order valence-electron chi connectivity index (χ3n) is 3.96. The van der Waals surface area contributed by atoms with Gasteiger partial charge in [0.2, 0.25) is 0 Å². The van der Waals surface area contributed by atoms with Crippen LogP contribution in [-0.4, -0.2) is 11.6 Å². The summed E-state index contributed by atoms with van der Waals surface area (Å²) in [7, 11) is 0. The van der Waals surface area contributed by atoms with Gasteiger partial charge in [-0.25, -0.2) is 0 Å². The Hall–Kier alpha value is -1.74. The molecule has 0 amide bonds. The lowest BCUT2D eigenvalue weighted by molar-refractivity contribution is 0.0986. The molecule has 0 aromatic heterocycles. The van der Waals surface area contributed by atoms with Gasteiger partial charge >= 0.3 is 0 Å². The molecular weight excluding hydrogens is 328 g/mol. The van der Waals surface area contributed by atoms with Crippen molar-refractivity contribution in [1.29, 1.82) is 0 Å².